The highest BCUT2D eigenvalue weighted by Gasteiger charge is 2.37. The average molecular weight is 390 g/mol. The number of carbonyl (C=O) groups is 2. The Morgan fingerprint density at radius 1 is 1.07 bits per heavy atom. The van der Waals surface area contributed by atoms with E-state index in [1.807, 2.05) is 18.2 Å². The summed E-state index contributed by atoms with van der Waals surface area (Å²) in [4.78, 5) is 35.1. The van der Waals surface area contributed by atoms with Crippen molar-refractivity contribution in [2.24, 2.45) is 5.92 Å². The van der Waals surface area contributed by atoms with Crippen LogP contribution in [0, 0.1) is 5.92 Å². The molecular formula is C23H26N4O2. The topological polar surface area (TPSA) is 65.5 Å². The van der Waals surface area contributed by atoms with Crippen LogP contribution in [0.5, 0.6) is 0 Å². The molecule has 0 radical (unpaired) electrons. The van der Waals surface area contributed by atoms with Crippen molar-refractivity contribution in [3.63, 3.8) is 0 Å². The maximum Gasteiger partial charge on any atom is 0.257 e. The molecule has 5 rings (SSSR count). The molecule has 0 spiro atoms. The van der Waals surface area contributed by atoms with Crippen LogP contribution in [0.4, 0.5) is 17.2 Å². The largest absolute Gasteiger partial charge is 0.319 e. The number of anilines is 3. The maximum absolute atomic E-state index is 13.7. The van der Waals surface area contributed by atoms with E-state index in [0.29, 0.717) is 41.1 Å². The Morgan fingerprint density at radius 2 is 1.93 bits per heavy atom. The summed E-state index contributed by atoms with van der Waals surface area (Å²) in [6.07, 6.45) is 8.10. The SMILES string of the molecule is O=C1Nc2cccnc2N(C(=O)C[C@H]2CCCN3CCCCC23)c2ccccc21. The van der Waals surface area contributed by atoms with E-state index in [0.717, 1.165) is 25.9 Å². The molecule has 3 aliphatic rings. The molecule has 6 heteroatoms. The quantitative estimate of drug-likeness (QED) is 0.843. The lowest BCUT2D eigenvalue weighted by Crippen LogP contribution is -2.49. The van der Waals surface area contributed by atoms with Gasteiger partial charge >= 0.3 is 0 Å². The highest BCUT2D eigenvalue weighted by Crippen LogP contribution is 2.39. The first-order valence-electron chi connectivity index (χ1n) is 10.6. The molecule has 6 nitrogen and oxygen atoms in total. The van der Waals surface area contributed by atoms with Gasteiger partial charge in [-0.3, -0.25) is 14.5 Å². The van der Waals surface area contributed by atoms with Crippen LogP contribution in [-0.2, 0) is 4.79 Å². The van der Waals surface area contributed by atoms with Crippen LogP contribution in [-0.4, -0.2) is 40.8 Å². The summed E-state index contributed by atoms with van der Waals surface area (Å²) in [5.41, 5.74) is 1.69. The van der Waals surface area contributed by atoms with E-state index in [1.54, 1.807) is 29.3 Å². The predicted molar refractivity (Wildman–Crippen MR) is 112 cm³/mol. The molecule has 2 amide bonds. The fourth-order valence-electron chi connectivity index (χ4n) is 5.22. The molecular weight excluding hydrogens is 364 g/mol. The monoisotopic (exact) mass is 390 g/mol. The van der Waals surface area contributed by atoms with Gasteiger partial charge in [0.1, 0.15) is 0 Å². The van der Waals surface area contributed by atoms with E-state index >= 15 is 0 Å². The van der Waals surface area contributed by atoms with E-state index in [9.17, 15) is 9.59 Å². The number of hydrogen-bond acceptors (Lipinski definition) is 4. The molecule has 2 saturated heterocycles. The lowest BCUT2D eigenvalue weighted by Gasteiger charge is -2.44. The molecule has 1 aromatic heterocycles. The Kier molecular flexibility index (Phi) is 4.79. The second-order valence-electron chi connectivity index (χ2n) is 8.28. The summed E-state index contributed by atoms with van der Waals surface area (Å²) in [5, 5.41) is 2.91. The predicted octanol–water partition coefficient (Wildman–Crippen LogP) is 3.97. The van der Waals surface area contributed by atoms with Gasteiger partial charge in [-0.05, 0) is 69.0 Å². The standard InChI is InChI=1S/C23H26N4O2/c28-21(15-16-7-6-14-26-13-4-3-10-19(16)26)27-20-11-2-1-8-17(20)23(29)25-18-9-5-12-24-22(18)27/h1-2,5,8-9,11-12,16,19H,3-4,6-7,10,13-15H2,(H,25,29)/t16-,19?/m1/s1. The molecule has 1 aromatic carbocycles. The third-order valence-electron chi connectivity index (χ3n) is 6.55. The number of benzene rings is 1. The molecule has 0 aliphatic carbocycles. The maximum atomic E-state index is 13.7. The zero-order valence-electron chi connectivity index (χ0n) is 16.5. The van der Waals surface area contributed by atoms with E-state index < -0.39 is 0 Å². The molecule has 1 N–H and O–H groups in total. The van der Waals surface area contributed by atoms with Gasteiger partial charge in [-0.25, -0.2) is 4.98 Å². The number of carbonyl (C=O) groups excluding carboxylic acids is 2. The number of aromatic nitrogens is 1. The average Bonchev–Trinajstić information content (AvgIpc) is 2.88. The third kappa shape index (κ3) is 3.31. The first-order chi connectivity index (χ1) is 14.2. The summed E-state index contributed by atoms with van der Waals surface area (Å²) in [5.74, 6) is 0.683. The Labute approximate surface area is 170 Å². The van der Waals surface area contributed by atoms with E-state index in [2.05, 4.69) is 15.2 Å². The molecule has 3 aliphatic heterocycles. The van der Waals surface area contributed by atoms with Crippen LogP contribution < -0.4 is 10.2 Å². The minimum Gasteiger partial charge on any atom is -0.319 e. The molecule has 150 valence electrons. The van der Waals surface area contributed by atoms with Gasteiger partial charge in [0.25, 0.3) is 5.91 Å². The van der Waals surface area contributed by atoms with Crippen molar-refractivity contribution in [2.45, 2.75) is 44.6 Å². The first-order valence-corrected chi connectivity index (χ1v) is 10.6. The van der Waals surface area contributed by atoms with Gasteiger partial charge < -0.3 is 10.2 Å². The Balaban J connectivity index is 1.50. The number of nitrogens with one attached hydrogen (secondary N) is 1. The number of fused-ring (bicyclic) bond motifs is 3. The second-order valence-corrected chi connectivity index (χ2v) is 8.28. The smallest absolute Gasteiger partial charge is 0.257 e. The number of pyridine rings is 1. The van der Waals surface area contributed by atoms with E-state index in [1.165, 1.54) is 19.3 Å². The molecule has 4 heterocycles. The van der Waals surface area contributed by atoms with Crippen molar-refractivity contribution in [2.75, 3.05) is 23.3 Å². The summed E-state index contributed by atoms with van der Waals surface area (Å²) in [6.45, 7) is 2.31. The molecule has 1 unspecified atom stereocenters. The molecule has 2 aromatic rings. The summed E-state index contributed by atoms with van der Waals surface area (Å²) >= 11 is 0. The minimum atomic E-state index is -0.207. The lowest BCUT2D eigenvalue weighted by molar-refractivity contribution is -0.120. The number of rotatable bonds is 2. The molecule has 2 atom stereocenters. The lowest BCUT2D eigenvalue weighted by atomic mass is 9.81. The van der Waals surface area contributed by atoms with Crippen LogP contribution >= 0.6 is 0 Å². The van der Waals surface area contributed by atoms with Gasteiger partial charge in [0.15, 0.2) is 5.82 Å². The zero-order chi connectivity index (χ0) is 19.8. The van der Waals surface area contributed by atoms with Crippen molar-refractivity contribution < 1.29 is 9.59 Å². The summed E-state index contributed by atoms with van der Waals surface area (Å²) < 4.78 is 0. The van der Waals surface area contributed by atoms with Crippen molar-refractivity contribution in [3.8, 4) is 0 Å². The Morgan fingerprint density at radius 3 is 2.86 bits per heavy atom. The van der Waals surface area contributed by atoms with Crippen LogP contribution in [0.3, 0.4) is 0 Å². The third-order valence-corrected chi connectivity index (χ3v) is 6.55. The van der Waals surface area contributed by atoms with Crippen molar-refractivity contribution in [1.82, 2.24) is 9.88 Å². The summed E-state index contributed by atoms with van der Waals surface area (Å²) in [7, 11) is 0. The van der Waals surface area contributed by atoms with Crippen molar-refractivity contribution >= 4 is 29.0 Å². The fraction of sp³-hybridized carbons (Fsp3) is 0.435. The first kappa shape index (κ1) is 18.3. The van der Waals surface area contributed by atoms with Crippen LogP contribution in [0.2, 0.25) is 0 Å². The number of piperidine rings is 2. The second kappa shape index (κ2) is 7.59. The van der Waals surface area contributed by atoms with Gasteiger partial charge in [0.2, 0.25) is 5.91 Å². The van der Waals surface area contributed by atoms with E-state index in [-0.39, 0.29) is 11.8 Å². The number of hydrogen-bond donors (Lipinski definition) is 1. The van der Waals surface area contributed by atoms with Gasteiger partial charge in [-0.2, -0.15) is 0 Å². The highest BCUT2D eigenvalue weighted by atomic mass is 16.2. The molecule has 0 saturated carbocycles. The van der Waals surface area contributed by atoms with Crippen molar-refractivity contribution in [3.05, 3.63) is 48.2 Å². The Hall–Kier alpha value is -2.73. The number of para-hydroxylation sites is 1. The molecule has 2 fully saturated rings. The summed E-state index contributed by atoms with van der Waals surface area (Å²) in [6, 6.07) is 11.4. The number of nitrogens with zero attached hydrogens (tertiary/aromatic N) is 3. The van der Waals surface area contributed by atoms with Crippen LogP contribution in [0.15, 0.2) is 42.6 Å². The van der Waals surface area contributed by atoms with Gasteiger partial charge in [-0.1, -0.05) is 18.6 Å². The van der Waals surface area contributed by atoms with Gasteiger partial charge in [-0.15, -0.1) is 0 Å². The van der Waals surface area contributed by atoms with Gasteiger partial charge in [0.05, 0.1) is 16.9 Å². The molecule has 0 bridgehead atoms. The zero-order valence-corrected chi connectivity index (χ0v) is 16.5. The Bertz CT molecular complexity index is 942. The van der Waals surface area contributed by atoms with Gasteiger partial charge in [0, 0.05) is 18.7 Å². The fourth-order valence-corrected chi connectivity index (χ4v) is 5.22. The normalized spacial score (nSPS) is 24.0. The highest BCUT2D eigenvalue weighted by molar-refractivity contribution is 6.17. The van der Waals surface area contributed by atoms with Crippen LogP contribution in [0.1, 0.15) is 48.9 Å². The van der Waals surface area contributed by atoms with E-state index in [4.69, 9.17) is 0 Å². The van der Waals surface area contributed by atoms with Crippen molar-refractivity contribution in [1.29, 1.82) is 0 Å². The molecule has 29 heavy (non-hydrogen) atoms. The minimum absolute atomic E-state index is 0.0197. The number of amides is 2. The van der Waals surface area contributed by atoms with Crippen LogP contribution in [0.25, 0.3) is 0 Å².